The van der Waals surface area contributed by atoms with Gasteiger partial charge in [-0.2, -0.15) is 0 Å². The number of para-hydroxylation sites is 1. The third-order valence-electron chi connectivity index (χ3n) is 4.26. The van der Waals surface area contributed by atoms with E-state index in [4.69, 9.17) is 4.74 Å². The third-order valence-corrected chi connectivity index (χ3v) is 4.26. The second-order valence-electron chi connectivity index (χ2n) is 6.52. The molecule has 0 saturated carbocycles. The minimum atomic E-state index is -0.680. The van der Waals surface area contributed by atoms with Gasteiger partial charge in [-0.3, -0.25) is 4.90 Å². The van der Waals surface area contributed by atoms with Crippen molar-refractivity contribution in [1.29, 1.82) is 0 Å². The van der Waals surface area contributed by atoms with E-state index >= 15 is 0 Å². The summed E-state index contributed by atoms with van der Waals surface area (Å²) in [5.41, 5.74) is 1.73. The topological polar surface area (TPSA) is 32.7 Å². The van der Waals surface area contributed by atoms with Crippen LogP contribution in [0.4, 0.5) is 4.39 Å². The first-order valence-electron chi connectivity index (χ1n) is 9.06. The summed E-state index contributed by atoms with van der Waals surface area (Å²) in [5.74, 6) is 0.492. The van der Waals surface area contributed by atoms with E-state index in [-0.39, 0.29) is 12.4 Å². The van der Waals surface area contributed by atoms with E-state index in [0.717, 1.165) is 11.3 Å². The maximum absolute atomic E-state index is 14.1. The summed E-state index contributed by atoms with van der Waals surface area (Å²) in [6.07, 6.45) is -0.680. The molecule has 0 aromatic heterocycles. The average Bonchev–Trinajstić information content (AvgIpc) is 2.70. The molecule has 0 unspecified atom stereocenters. The quantitative estimate of drug-likeness (QED) is 0.615. The Morgan fingerprint density at radius 1 is 0.815 bits per heavy atom. The molecular weight excluding hydrogens is 341 g/mol. The lowest BCUT2D eigenvalue weighted by Crippen LogP contribution is -2.35. The van der Waals surface area contributed by atoms with Crippen LogP contribution in [0.2, 0.25) is 0 Å². The lowest BCUT2D eigenvalue weighted by atomic mass is 10.1. The molecule has 3 rings (SSSR count). The Morgan fingerprint density at radius 2 is 1.44 bits per heavy atom. The van der Waals surface area contributed by atoms with Gasteiger partial charge < -0.3 is 9.84 Å². The van der Waals surface area contributed by atoms with Crippen molar-refractivity contribution in [2.45, 2.75) is 19.2 Å². The molecule has 0 aliphatic carbocycles. The molecule has 0 aliphatic rings. The van der Waals surface area contributed by atoms with Gasteiger partial charge in [0, 0.05) is 25.2 Å². The van der Waals surface area contributed by atoms with E-state index in [9.17, 15) is 9.50 Å². The molecule has 3 aromatic carbocycles. The largest absolute Gasteiger partial charge is 0.491 e. The van der Waals surface area contributed by atoms with Gasteiger partial charge in [-0.25, -0.2) is 4.39 Å². The summed E-state index contributed by atoms with van der Waals surface area (Å²) in [7, 11) is 0. The van der Waals surface area contributed by atoms with Gasteiger partial charge in [0.2, 0.25) is 0 Å². The van der Waals surface area contributed by atoms with Crippen LogP contribution in [0.1, 0.15) is 11.1 Å². The van der Waals surface area contributed by atoms with E-state index in [1.54, 1.807) is 12.1 Å². The van der Waals surface area contributed by atoms with Gasteiger partial charge in [-0.15, -0.1) is 0 Å². The van der Waals surface area contributed by atoms with Crippen LogP contribution in [-0.2, 0) is 13.1 Å². The molecule has 1 atom stereocenters. The summed E-state index contributed by atoms with van der Waals surface area (Å²) in [6.45, 7) is 1.62. The van der Waals surface area contributed by atoms with Crippen molar-refractivity contribution in [2.75, 3.05) is 13.2 Å². The molecule has 4 heteroatoms. The SMILES string of the molecule is O[C@H](COc1ccccc1)CN(Cc1ccccc1)Cc1ccccc1F. The summed E-state index contributed by atoms with van der Waals surface area (Å²) in [4.78, 5) is 2.03. The minimum absolute atomic E-state index is 0.187. The van der Waals surface area contributed by atoms with Crippen molar-refractivity contribution >= 4 is 0 Å². The average molecular weight is 365 g/mol. The van der Waals surface area contributed by atoms with E-state index < -0.39 is 6.10 Å². The van der Waals surface area contributed by atoms with E-state index in [2.05, 4.69) is 0 Å². The molecule has 27 heavy (non-hydrogen) atoms. The summed E-state index contributed by atoms with van der Waals surface area (Å²) >= 11 is 0. The molecule has 3 aromatic rings. The van der Waals surface area contributed by atoms with Crippen LogP contribution in [-0.4, -0.2) is 29.3 Å². The fourth-order valence-electron chi connectivity index (χ4n) is 2.95. The normalized spacial score (nSPS) is 12.1. The molecular formula is C23H24FNO2. The summed E-state index contributed by atoms with van der Waals surface area (Å²) in [5, 5.41) is 10.4. The number of aliphatic hydroxyl groups excluding tert-OH is 1. The van der Waals surface area contributed by atoms with Crippen molar-refractivity contribution < 1.29 is 14.2 Å². The zero-order valence-electron chi connectivity index (χ0n) is 15.2. The van der Waals surface area contributed by atoms with Gasteiger partial charge in [-0.1, -0.05) is 66.7 Å². The van der Waals surface area contributed by atoms with Crippen molar-refractivity contribution in [3.8, 4) is 5.75 Å². The number of halogens is 1. The smallest absolute Gasteiger partial charge is 0.127 e. The Bertz CT molecular complexity index is 811. The molecule has 140 valence electrons. The highest BCUT2D eigenvalue weighted by atomic mass is 19.1. The van der Waals surface area contributed by atoms with Crippen LogP contribution in [0.15, 0.2) is 84.9 Å². The number of ether oxygens (including phenoxy) is 1. The lowest BCUT2D eigenvalue weighted by Gasteiger charge is -2.25. The van der Waals surface area contributed by atoms with Crippen LogP contribution < -0.4 is 4.74 Å². The Kier molecular flexibility index (Phi) is 6.97. The number of aliphatic hydroxyl groups is 1. The maximum Gasteiger partial charge on any atom is 0.127 e. The van der Waals surface area contributed by atoms with Crippen molar-refractivity contribution in [2.24, 2.45) is 0 Å². The predicted molar refractivity (Wildman–Crippen MR) is 105 cm³/mol. The van der Waals surface area contributed by atoms with E-state index in [1.807, 2.05) is 71.6 Å². The van der Waals surface area contributed by atoms with E-state index in [0.29, 0.717) is 25.2 Å². The number of hydrogen-bond acceptors (Lipinski definition) is 3. The first-order valence-corrected chi connectivity index (χ1v) is 9.06. The third kappa shape index (κ3) is 6.20. The highest BCUT2D eigenvalue weighted by Crippen LogP contribution is 2.14. The first-order chi connectivity index (χ1) is 13.2. The van der Waals surface area contributed by atoms with Crippen molar-refractivity contribution in [1.82, 2.24) is 4.90 Å². The van der Waals surface area contributed by atoms with Gasteiger partial charge in [-0.05, 0) is 23.8 Å². The highest BCUT2D eigenvalue weighted by molar-refractivity contribution is 5.21. The van der Waals surface area contributed by atoms with Gasteiger partial charge in [0.05, 0.1) is 0 Å². The predicted octanol–water partition coefficient (Wildman–Crippen LogP) is 4.27. The summed E-state index contributed by atoms with van der Waals surface area (Å²) < 4.78 is 19.7. The number of nitrogens with zero attached hydrogens (tertiary/aromatic N) is 1. The second kappa shape index (κ2) is 9.86. The van der Waals surface area contributed by atoms with Crippen molar-refractivity contribution in [3.63, 3.8) is 0 Å². The van der Waals surface area contributed by atoms with Gasteiger partial charge in [0.1, 0.15) is 24.3 Å². The second-order valence-corrected chi connectivity index (χ2v) is 6.52. The Hall–Kier alpha value is -2.69. The highest BCUT2D eigenvalue weighted by Gasteiger charge is 2.15. The zero-order valence-corrected chi connectivity index (χ0v) is 15.2. The molecule has 0 spiro atoms. The molecule has 0 heterocycles. The van der Waals surface area contributed by atoms with E-state index in [1.165, 1.54) is 6.07 Å². The Morgan fingerprint density at radius 3 is 2.15 bits per heavy atom. The van der Waals surface area contributed by atoms with Crippen LogP contribution in [0, 0.1) is 5.82 Å². The van der Waals surface area contributed by atoms with Crippen LogP contribution in [0.3, 0.4) is 0 Å². The lowest BCUT2D eigenvalue weighted by molar-refractivity contribution is 0.0624. The number of rotatable bonds is 9. The standard InChI is InChI=1S/C23H24FNO2/c24-23-14-8-7-11-20(23)16-25(15-19-9-3-1-4-10-19)17-21(26)18-27-22-12-5-2-6-13-22/h1-14,21,26H,15-18H2/t21-/m0/s1. The fourth-order valence-corrected chi connectivity index (χ4v) is 2.95. The number of benzene rings is 3. The monoisotopic (exact) mass is 365 g/mol. The van der Waals surface area contributed by atoms with Crippen LogP contribution in [0.5, 0.6) is 5.75 Å². The van der Waals surface area contributed by atoms with Crippen LogP contribution in [0.25, 0.3) is 0 Å². The minimum Gasteiger partial charge on any atom is -0.491 e. The molecule has 0 radical (unpaired) electrons. The molecule has 0 fully saturated rings. The first kappa shape index (κ1) is 19.1. The van der Waals surface area contributed by atoms with Crippen LogP contribution >= 0.6 is 0 Å². The molecule has 0 saturated heterocycles. The Balaban J connectivity index is 1.64. The van der Waals surface area contributed by atoms with Gasteiger partial charge in [0.25, 0.3) is 0 Å². The molecule has 1 N–H and O–H groups in total. The van der Waals surface area contributed by atoms with Gasteiger partial charge >= 0.3 is 0 Å². The fraction of sp³-hybridized carbons (Fsp3) is 0.217. The molecule has 0 amide bonds. The molecule has 3 nitrogen and oxygen atoms in total. The zero-order chi connectivity index (χ0) is 18.9. The molecule has 0 bridgehead atoms. The number of hydrogen-bond donors (Lipinski definition) is 1. The maximum atomic E-state index is 14.1. The molecule has 0 aliphatic heterocycles. The Labute approximate surface area is 159 Å². The van der Waals surface area contributed by atoms with Gasteiger partial charge in [0.15, 0.2) is 0 Å². The summed E-state index contributed by atoms with van der Waals surface area (Å²) in [6, 6.07) is 26.1. The van der Waals surface area contributed by atoms with Crippen molar-refractivity contribution in [3.05, 3.63) is 102 Å².